The molecule has 2 aromatic rings. The van der Waals surface area contributed by atoms with Crippen molar-refractivity contribution in [1.29, 1.82) is 0 Å². The molecule has 0 spiro atoms. The minimum absolute atomic E-state index is 0.0457. The lowest BCUT2D eigenvalue weighted by molar-refractivity contribution is -0.121. The van der Waals surface area contributed by atoms with Gasteiger partial charge in [-0.05, 0) is 43.5 Å². The van der Waals surface area contributed by atoms with Gasteiger partial charge in [-0.25, -0.2) is 0 Å². The molecule has 1 aliphatic rings. The molecule has 2 amide bonds. The zero-order valence-electron chi connectivity index (χ0n) is 14.0. The van der Waals surface area contributed by atoms with E-state index in [9.17, 15) is 14.4 Å². The molecule has 5 heteroatoms. The lowest BCUT2D eigenvalue weighted by Crippen LogP contribution is -2.30. The molecule has 1 atom stereocenters. The van der Waals surface area contributed by atoms with E-state index in [4.69, 9.17) is 0 Å². The molecule has 0 aromatic heterocycles. The molecule has 1 unspecified atom stereocenters. The number of benzene rings is 2. The van der Waals surface area contributed by atoms with Crippen molar-refractivity contribution < 1.29 is 14.4 Å². The van der Waals surface area contributed by atoms with Gasteiger partial charge in [-0.3, -0.25) is 14.4 Å². The highest BCUT2D eigenvalue weighted by Crippen LogP contribution is 2.27. The van der Waals surface area contributed by atoms with Crippen molar-refractivity contribution >= 4 is 29.0 Å². The number of hydrogen-bond acceptors (Lipinski definition) is 3. The number of hydrogen-bond donors (Lipinski definition) is 2. The molecule has 2 aromatic carbocycles. The van der Waals surface area contributed by atoms with Crippen LogP contribution in [0.4, 0.5) is 11.4 Å². The molecular weight excluding hydrogens is 316 g/mol. The van der Waals surface area contributed by atoms with E-state index < -0.39 is 0 Å². The maximum atomic E-state index is 12.2. The number of fused-ring (bicyclic) bond motifs is 1. The minimum Gasteiger partial charge on any atom is -0.326 e. The predicted octanol–water partition coefficient (Wildman–Crippen LogP) is 3.42. The van der Waals surface area contributed by atoms with Crippen LogP contribution in [0.15, 0.2) is 48.5 Å². The number of amides is 2. The van der Waals surface area contributed by atoms with Gasteiger partial charge < -0.3 is 10.6 Å². The van der Waals surface area contributed by atoms with E-state index in [0.29, 0.717) is 24.1 Å². The van der Waals surface area contributed by atoms with Crippen LogP contribution in [0.2, 0.25) is 0 Å². The summed E-state index contributed by atoms with van der Waals surface area (Å²) < 4.78 is 0. The monoisotopic (exact) mass is 336 g/mol. The normalized spacial score (nSPS) is 15.9. The Bertz CT molecular complexity index is 829. The first-order valence-corrected chi connectivity index (χ1v) is 8.33. The van der Waals surface area contributed by atoms with Crippen LogP contribution in [-0.2, 0) is 16.0 Å². The number of para-hydroxylation sites is 2. The van der Waals surface area contributed by atoms with Crippen LogP contribution in [0.25, 0.3) is 0 Å². The van der Waals surface area contributed by atoms with Gasteiger partial charge in [0.2, 0.25) is 11.8 Å². The smallest absolute Gasteiger partial charge is 0.227 e. The van der Waals surface area contributed by atoms with E-state index in [1.807, 2.05) is 24.3 Å². The first kappa shape index (κ1) is 16.9. The summed E-state index contributed by atoms with van der Waals surface area (Å²) in [6, 6.07) is 14.6. The summed E-state index contributed by atoms with van der Waals surface area (Å²) in [5.41, 5.74) is 2.94. The quantitative estimate of drug-likeness (QED) is 0.822. The fourth-order valence-corrected chi connectivity index (χ4v) is 3.06. The van der Waals surface area contributed by atoms with Gasteiger partial charge >= 0.3 is 0 Å². The van der Waals surface area contributed by atoms with E-state index in [-0.39, 0.29) is 29.9 Å². The van der Waals surface area contributed by atoms with Gasteiger partial charge in [-0.2, -0.15) is 0 Å². The lowest BCUT2D eigenvalue weighted by Gasteiger charge is -2.24. The Labute approximate surface area is 146 Å². The highest BCUT2D eigenvalue weighted by atomic mass is 16.2. The number of anilines is 2. The molecule has 1 heterocycles. The third-order valence-electron chi connectivity index (χ3n) is 4.41. The van der Waals surface area contributed by atoms with Gasteiger partial charge in [0.1, 0.15) is 0 Å². The van der Waals surface area contributed by atoms with Crippen LogP contribution in [0.5, 0.6) is 0 Å². The minimum atomic E-state index is -0.219. The first-order chi connectivity index (χ1) is 12.0. The summed E-state index contributed by atoms with van der Waals surface area (Å²) in [7, 11) is 0. The maximum absolute atomic E-state index is 12.2. The molecule has 25 heavy (non-hydrogen) atoms. The Balaban J connectivity index is 1.60. The van der Waals surface area contributed by atoms with Crippen LogP contribution >= 0.6 is 0 Å². The molecule has 0 saturated carbocycles. The summed E-state index contributed by atoms with van der Waals surface area (Å²) in [5, 5.41) is 5.67. The van der Waals surface area contributed by atoms with Crippen LogP contribution in [0.3, 0.4) is 0 Å². The number of Topliss-reactive ketones (excluding diaryl/α,β-unsaturated/α-hetero) is 1. The molecule has 2 N–H and O–H groups in total. The zero-order chi connectivity index (χ0) is 17.8. The van der Waals surface area contributed by atoms with Gasteiger partial charge in [-0.1, -0.05) is 30.3 Å². The lowest BCUT2D eigenvalue weighted by atomic mass is 9.89. The SMILES string of the molecule is CC(=O)c1ccccc1NC(=O)CCC1Cc2ccccc2NC1=O. The van der Waals surface area contributed by atoms with E-state index in [0.717, 1.165) is 11.3 Å². The van der Waals surface area contributed by atoms with Gasteiger partial charge in [0.15, 0.2) is 5.78 Å². The number of nitrogens with one attached hydrogen (secondary N) is 2. The van der Waals surface area contributed by atoms with Crippen molar-refractivity contribution in [2.24, 2.45) is 5.92 Å². The van der Waals surface area contributed by atoms with E-state index in [1.54, 1.807) is 24.3 Å². The third-order valence-corrected chi connectivity index (χ3v) is 4.41. The number of carbonyl (C=O) groups is 3. The fraction of sp³-hybridized carbons (Fsp3) is 0.250. The largest absolute Gasteiger partial charge is 0.326 e. The summed E-state index contributed by atoms with van der Waals surface area (Å²) in [6.45, 7) is 1.47. The van der Waals surface area contributed by atoms with Gasteiger partial charge in [0, 0.05) is 23.6 Å². The fourth-order valence-electron chi connectivity index (χ4n) is 3.06. The van der Waals surface area contributed by atoms with E-state index in [2.05, 4.69) is 10.6 Å². The van der Waals surface area contributed by atoms with Crippen molar-refractivity contribution in [2.45, 2.75) is 26.2 Å². The summed E-state index contributed by atoms with van der Waals surface area (Å²) in [5.74, 6) is -0.557. The van der Waals surface area contributed by atoms with Crippen molar-refractivity contribution in [3.05, 3.63) is 59.7 Å². The Morgan fingerprint density at radius 1 is 1.12 bits per heavy atom. The average Bonchev–Trinajstić information content (AvgIpc) is 2.60. The van der Waals surface area contributed by atoms with Crippen molar-refractivity contribution in [2.75, 3.05) is 10.6 Å². The van der Waals surface area contributed by atoms with Crippen LogP contribution in [-0.4, -0.2) is 17.6 Å². The topological polar surface area (TPSA) is 75.3 Å². The highest BCUT2D eigenvalue weighted by molar-refractivity contribution is 6.03. The molecule has 0 radical (unpaired) electrons. The van der Waals surface area contributed by atoms with Crippen molar-refractivity contribution in [3.63, 3.8) is 0 Å². The number of ketones is 1. The van der Waals surface area contributed by atoms with Crippen molar-refractivity contribution in [1.82, 2.24) is 0 Å². The zero-order valence-corrected chi connectivity index (χ0v) is 14.0. The van der Waals surface area contributed by atoms with E-state index in [1.165, 1.54) is 6.92 Å². The number of rotatable bonds is 5. The second-order valence-electron chi connectivity index (χ2n) is 6.24. The third kappa shape index (κ3) is 3.94. The van der Waals surface area contributed by atoms with Gasteiger partial charge in [0.05, 0.1) is 5.69 Å². The summed E-state index contributed by atoms with van der Waals surface area (Å²) in [4.78, 5) is 36.0. The highest BCUT2D eigenvalue weighted by Gasteiger charge is 2.26. The summed E-state index contributed by atoms with van der Waals surface area (Å²) >= 11 is 0. The van der Waals surface area contributed by atoms with Gasteiger partial charge in [-0.15, -0.1) is 0 Å². The molecule has 5 nitrogen and oxygen atoms in total. The second kappa shape index (κ2) is 7.30. The first-order valence-electron chi connectivity index (χ1n) is 8.33. The maximum Gasteiger partial charge on any atom is 0.227 e. The standard InChI is InChI=1S/C20H20N2O3/c1-13(23)16-7-3-5-9-18(16)21-19(24)11-10-15-12-14-6-2-4-8-17(14)22-20(15)25/h2-9,15H,10-12H2,1H3,(H,21,24)(H,22,25). The van der Waals surface area contributed by atoms with Crippen LogP contribution in [0.1, 0.15) is 35.7 Å². The molecule has 0 fully saturated rings. The van der Waals surface area contributed by atoms with Crippen LogP contribution < -0.4 is 10.6 Å². The second-order valence-corrected chi connectivity index (χ2v) is 6.24. The Kier molecular flexibility index (Phi) is 4.93. The van der Waals surface area contributed by atoms with Crippen molar-refractivity contribution in [3.8, 4) is 0 Å². The molecular formula is C20H20N2O3. The molecule has 3 rings (SSSR count). The molecule has 1 aliphatic heterocycles. The molecule has 0 saturated heterocycles. The predicted molar refractivity (Wildman–Crippen MR) is 96.6 cm³/mol. The molecule has 0 aliphatic carbocycles. The average molecular weight is 336 g/mol. The molecule has 0 bridgehead atoms. The van der Waals surface area contributed by atoms with E-state index >= 15 is 0 Å². The molecule has 128 valence electrons. The Morgan fingerprint density at radius 2 is 1.84 bits per heavy atom. The summed E-state index contributed by atoms with van der Waals surface area (Å²) in [6.07, 6.45) is 1.33. The van der Waals surface area contributed by atoms with Crippen LogP contribution in [0, 0.1) is 5.92 Å². The van der Waals surface area contributed by atoms with Gasteiger partial charge in [0.25, 0.3) is 0 Å². The Morgan fingerprint density at radius 3 is 2.64 bits per heavy atom. The Hall–Kier alpha value is -2.95. The number of carbonyl (C=O) groups excluding carboxylic acids is 3.